The summed E-state index contributed by atoms with van der Waals surface area (Å²) in [6.45, 7) is 1.95. The number of ether oxygens (including phenoxy) is 2. The van der Waals surface area contributed by atoms with Crippen LogP contribution in [0.2, 0.25) is 0 Å². The van der Waals surface area contributed by atoms with E-state index in [1.54, 1.807) is 20.3 Å². The molecule has 1 amide bonds. The first-order valence-corrected chi connectivity index (χ1v) is 9.82. The summed E-state index contributed by atoms with van der Waals surface area (Å²) in [7, 11) is 3.23. The molecule has 0 atom stereocenters. The topological polar surface area (TPSA) is 47.6 Å². The van der Waals surface area contributed by atoms with E-state index in [0.717, 1.165) is 17.4 Å². The number of rotatable bonds is 5. The van der Waals surface area contributed by atoms with Crippen molar-refractivity contribution in [1.29, 1.82) is 0 Å². The fourth-order valence-electron chi connectivity index (χ4n) is 5.82. The second-order valence-corrected chi connectivity index (χ2v) is 8.23. The Balaban J connectivity index is 1.57. The van der Waals surface area contributed by atoms with Crippen molar-refractivity contribution < 1.29 is 14.3 Å². The maximum absolute atomic E-state index is 13.0. The van der Waals surface area contributed by atoms with Gasteiger partial charge >= 0.3 is 0 Å². The van der Waals surface area contributed by atoms with Crippen LogP contribution in [0.1, 0.15) is 54.9 Å². The van der Waals surface area contributed by atoms with Crippen LogP contribution in [0.3, 0.4) is 0 Å². The minimum absolute atomic E-state index is 0.00850. The Labute approximate surface area is 156 Å². The van der Waals surface area contributed by atoms with Crippen LogP contribution in [0.4, 0.5) is 0 Å². The second kappa shape index (κ2) is 6.98. The lowest BCUT2D eigenvalue weighted by atomic mass is 9.54. The summed E-state index contributed by atoms with van der Waals surface area (Å²) in [5, 5.41) is 3.38. The highest BCUT2D eigenvalue weighted by molar-refractivity contribution is 5.96. The number of carbonyl (C=O) groups excluding carboxylic acids is 1. The summed E-state index contributed by atoms with van der Waals surface area (Å²) < 4.78 is 10.9. The number of amides is 1. The van der Waals surface area contributed by atoms with Crippen LogP contribution >= 0.6 is 0 Å². The molecular weight excluding hydrogens is 326 g/mol. The summed E-state index contributed by atoms with van der Waals surface area (Å²) >= 11 is 0. The average molecular weight is 355 g/mol. The molecular formula is C22H29NO3. The molecule has 4 nitrogen and oxygen atoms in total. The predicted molar refractivity (Wildman–Crippen MR) is 103 cm³/mol. The molecule has 0 saturated heterocycles. The van der Waals surface area contributed by atoms with Crippen molar-refractivity contribution in [3.8, 4) is 11.5 Å². The molecule has 0 aliphatic heterocycles. The first kappa shape index (κ1) is 17.4. The molecule has 0 heterocycles. The Bertz CT molecular complexity index is 696. The van der Waals surface area contributed by atoms with Gasteiger partial charge in [-0.2, -0.15) is 0 Å². The molecule has 0 radical (unpaired) electrons. The molecule has 1 aromatic carbocycles. The Kier molecular flexibility index (Phi) is 4.68. The van der Waals surface area contributed by atoms with Crippen LogP contribution in [0.5, 0.6) is 11.5 Å². The third kappa shape index (κ3) is 3.00. The first-order chi connectivity index (χ1) is 12.6. The minimum atomic E-state index is 0.00850. The summed E-state index contributed by atoms with van der Waals surface area (Å²) in [5.41, 5.74) is 1.51. The fraction of sp³-hybridized carbons (Fsp3) is 0.591. The molecule has 1 N–H and O–H groups in total. The largest absolute Gasteiger partial charge is 0.493 e. The monoisotopic (exact) mass is 355 g/mol. The Morgan fingerprint density at radius 2 is 1.69 bits per heavy atom. The molecule has 4 aliphatic rings. The number of methoxy groups -OCH3 is 2. The van der Waals surface area contributed by atoms with Crippen LogP contribution < -0.4 is 14.8 Å². The minimum Gasteiger partial charge on any atom is -0.493 e. The SMILES string of the molecule is C/C=C/c1cc(C(=O)NC2C3CC4CC(C3)CC2C4)cc(OC)c1OC. The molecule has 0 spiro atoms. The summed E-state index contributed by atoms with van der Waals surface area (Å²) in [6.07, 6.45) is 10.5. The van der Waals surface area contributed by atoms with Gasteiger partial charge in [-0.1, -0.05) is 12.2 Å². The van der Waals surface area contributed by atoms with Gasteiger partial charge in [0.15, 0.2) is 11.5 Å². The molecule has 140 valence electrons. The lowest BCUT2D eigenvalue weighted by molar-refractivity contribution is -0.0119. The number of allylic oxidation sites excluding steroid dienone is 1. The van der Waals surface area contributed by atoms with Gasteiger partial charge in [-0.25, -0.2) is 0 Å². The van der Waals surface area contributed by atoms with Crippen LogP contribution in [-0.4, -0.2) is 26.2 Å². The molecule has 4 bridgehead atoms. The second-order valence-electron chi connectivity index (χ2n) is 8.23. The average Bonchev–Trinajstić information content (AvgIpc) is 2.63. The van der Waals surface area contributed by atoms with E-state index in [-0.39, 0.29) is 5.91 Å². The maximum Gasteiger partial charge on any atom is 0.251 e. The van der Waals surface area contributed by atoms with Crippen molar-refractivity contribution in [1.82, 2.24) is 5.32 Å². The van der Waals surface area contributed by atoms with E-state index in [4.69, 9.17) is 9.47 Å². The Morgan fingerprint density at radius 3 is 2.23 bits per heavy atom. The van der Waals surface area contributed by atoms with Crippen LogP contribution in [0, 0.1) is 23.7 Å². The number of carbonyl (C=O) groups is 1. The van der Waals surface area contributed by atoms with Crippen LogP contribution in [0.25, 0.3) is 6.08 Å². The number of hydrogen-bond donors (Lipinski definition) is 1. The lowest BCUT2D eigenvalue weighted by Crippen LogP contribution is -2.55. The number of nitrogens with one attached hydrogen (secondary N) is 1. The van der Waals surface area contributed by atoms with Gasteiger partial charge in [-0.05, 0) is 74.8 Å². The van der Waals surface area contributed by atoms with E-state index in [9.17, 15) is 4.79 Å². The van der Waals surface area contributed by atoms with Gasteiger partial charge in [-0.15, -0.1) is 0 Å². The first-order valence-electron chi connectivity index (χ1n) is 9.82. The van der Waals surface area contributed by atoms with Crippen molar-refractivity contribution in [3.05, 3.63) is 29.3 Å². The highest BCUT2D eigenvalue weighted by atomic mass is 16.5. The zero-order chi connectivity index (χ0) is 18.3. The Morgan fingerprint density at radius 1 is 1.04 bits per heavy atom. The van der Waals surface area contributed by atoms with Crippen molar-refractivity contribution in [2.45, 2.75) is 45.1 Å². The summed E-state index contributed by atoms with van der Waals surface area (Å²) in [5.74, 6) is 4.43. The molecule has 1 aromatic rings. The smallest absolute Gasteiger partial charge is 0.251 e. The fourth-order valence-corrected chi connectivity index (χ4v) is 5.82. The third-order valence-electron chi connectivity index (χ3n) is 6.64. The van der Waals surface area contributed by atoms with E-state index in [1.807, 2.05) is 25.1 Å². The van der Waals surface area contributed by atoms with Gasteiger partial charge in [-0.3, -0.25) is 4.79 Å². The molecule has 4 fully saturated rings. The van der Waals surface area contributed by atoms with Crippen molar-refractivity contribution in [3.63, 3.8) is 0 Å². The molecule has 0 unspecified atom stereocenters. The molecule has 0 aromatic heterocycles. The van der Waals surface area contributed by atoms with Gasteiger partial charge < -0.3 is 14.8 Å². The van der Waals surface area contributed by atoms with Crippen molar-refractivity contribution in [2.75, 3.05) is 14.2 Å². The lowest BCUT2D eigenvalue weighted by Gasteiger charge is -2.54. The zero-order valence-electron chi connectivity index (χ0n) is 16.0. The van der Waals surface area contributed by atoms with E-state index < -0.39 is 0 Å². The number of hydrogen-bond acceptors (Lipinski definition) is 3. The van der Waals surface area contributed by atoms with E-state index >= 15 is 0 Å². The predicted octanol–water partition coefficient (Wildman–Crippen LogP) is 4.29. The highest BCUT2D eigenvalue weighted by Gasteiger charge is 2.48. The Hall–Kier alpha value is -1.97. The van der Waals surface area contributed by atoms with Crippen molar-refractivity contribution in [2.24, 2.45) is 23.7 Å². The molecule has 5 rings (SSSR count). The molecule has 4 saturated carbocycles. The quantitative estimate of drug-likeness (QED) is 0.857. The molecule has 26 heavy (non-hydrogen) atoms. The van der Waals surface area contributed by atoms with Gasteiger partial charge in [0.1, 0.15) is 0 Å². The molecule has 4 aliphatic carbocycles. The number of benzene rings is 1. The van der Waals surface area contributed by atoms with Gasteiger partial charge in [0.2, 0.25) is 0 Å². The van der Waals surface area contributed by atoms with Crippen LogP contribution in [-0.2, 0) is 0 Å². The van der Waals surface area contributed by atoms with E-state index in [0.29, 0.717) is 34.9 Å². The standard InChI is InChI=1S/C22H29NO3/c1-4-5-15-11-18(12-19(25-2)21(15)26-3)22(24)23-20-16-7-13-6-14(9-16)10-17(20)8-13/h4-5,11-14,16-17,20H,6-10H2,1-3H3,(H,23,24)/b5-4+. The molecule has 4 heteroatoms. The summed E-state index contributed by atoms with van der Waals surface area (Å²) in [4.78, 5) is 13.0. The highest BCUT2D eigenvalue weighted by Crippen LogP contribution is 2.53. The van der Waals surface area contributed by atoms with E-state index in [2.05, 4.69) is 5.32 Å². The van der Waals surface area contributed by atoms with Gasteiger partial charge in [0.25, 0.3) is 5.91 Å². The third-order valence-corrected chi connectivity index (χ3v) is 6.64. The maximum atomic E-state index is 13.0. The normalized spacial score (nSPS) is 32.0. The van der Waals surface area contributed by atoms with Crippen LogP contribution in [0.15, 0.2) is 18.2 Å². The summed E-state index contributed by atoms with van der Waals surface area (Å²) in [6, 6.07) is 4.03. The van der Waals surface area contributed by atoms with Gasteiger partial charge in [0, 0.05) is 17.2 Å². The van der Waals surface area contributed by atoms with Gasteiger partial charge in [0.05, 0.1) is 14.2 Å². The van der Waals surface area contributed by atoms with E-state index in [1.165, 1.54) is 32.1 Å². The van der Waals surface area contributed by atoms with Crippen molar-refractivity contribution >= 4 is 12.0 Å². The zero-order valence-corrected chi connectivity index (χ0v) is 16.0.